The molecule has 0 aliphatic carbocycles. The summed E-state index contributed by atoms with van der Waals surface area (Å²) < 4.78 is 4.15. The van der Waals surface area contributed by atoms with Crippen molar-refractivity contribution in [3.8, 4) is 0 Å². The summed E-state index contributed by atoms with van der Waals surface area (Å²) in [6.07, 6.45) is 4.04. The zero-order valence-electron chi connectivity index (χ0n) is 15.0. The Morgan fingerprint density at radius 1 is 1.46 bits per heavy atom. The molecule has 0 fully saturated rings. The summed E-state index contributed by atoms with van der Waals surface area (Å²) in [6, 6.07) is 4.47. The van der Waals surface area contributed by atoms with E-state index >= 15 is 0 Å². The molecule has 1 aliphatic heterocycles. The number of aliphatic imine (C=N–C) groups is 1. The van der Waals surface area contributed by atoms with Crippen molar-refractivity contribution in [1.29, 1.82) is 0 Å². The molecule has 3 rings (SSSR count). The van der Waals surface area contributed by atoms with E-state index in [4.69, 9.17) is 0 Å². The van der Waals surface area contributed by atoms with Crippen LogP contribution < -0.4 is 10.6 Å². The molecule has 0 bridgehead atoms. The predicted octanol–water partition coefficient (Wildman–Crippen LogP) is 1.42. The first-order valence-corrected chi connectivity index (χ1v) is 8.58. The fraction of sp³-hybridized carbons (Fsp3) is 0.588. The van der Waals surface area contributed by atoms with Crippen molar-refractivity contribution in [1.82, 2.24) is 30.0 Å². The largest absolute Gasteiger partial charge is 0.353 e. The Kier molecular flexibility index (Phi) is 4.87. The highest BCUT2D eigenvalue weighted by molar-refractivity contribution is 5.79. The topological polar surface area (TPSA) is 72.1 Å². The van der Waals surface area contributed by atoms with E-state index in [2.05, 4.69) is 50.2 Å². The van der Waals surface area contributed by atoms with Gasteiger partial charge in [-0.05, 0) is 18.6 Å². The van der Waals surface area contributed by atoms with Crippen LogP contribution in [0.3, 0.4) is 0 Å². The second-order valence-electron chi connectivity index (χ2n) is 6.64. The number of hydrogen-bond donors (Lipinski definition) is 2. The highest BCUT2D eigenvalue weighted by atomic mass is 15.4. The zero-order chi connectivity index (χ0) is 17.1. The van der Waals surface area contributed by atoms with Crippen LogP contribution in [0.4, 0.5) is 0 Å². The predicted molar refractivity (Wildman–Crippen MR) is 95.0 cm³/mol. The molecule has 0 saturated carbocycles. The van der Waals surface area contributed by atoms with Crippen molar-refractivity contribution < 1.29 is 0 Å². The van der Waals surface area contributed by atoms with Gasteiger partial charge in [0.15, 0.2) is 11.8 Å². The Bertz CT molecular complexity index is 710. The molecule has 7 nitrogen and oxygen atoms in total. The van der Waals surface area contributed by atoms with E-state index < -0.39 is 0 Å². The molecule has 0 amide bonds. The lowest BCUT2D eigenvalue weighted by Gasteiger charge is -2.25. The summed E-state index contributed by atoms with van der Waals surface area (Å²) in [5, 5.41) is 11.5. The summed E-state index contributed by atoms with van der Waals surface area (Å²) in [6.45, 7) is 5.85. The van der Waals surface area contributed by atoms with Gasteiger partial charge in [0.05, 0.1) is 13.1 Å². The van der Waals surface area contributed by atoms with Gasteiger partial charge in [0, 0.05) is 44.4 Å². The Labute approximate surface area is 143 Å². The van der Waals surface area contributed by atoms with Crippen molar-refractivity contribution in [2.75, 3.05) is 7.05 Å². The lowest BCUT2D eigenvalue weighted by molar-refractivity contribution is 0.391. The third-order valence-electron chi connectivity index (χ3n) is 4.44. The Morgan fingerprint density at radius 2 is 2.29 bits per heavy atom. The third kappa shape index (κ3) is 3.60. The number of hydrogen-bond acceptors (Lipinski definition) is 3. The normalized spacial score (nSPS) is 17.9. The average molecular weight is 329 g/mol. The summed E-state index contributed by atoms with van der Waals surface area (Å²) in [5.74, 6) is 3.24. The molecule has 1 atom stereocenters. The molecular formula is C17H27N7. The van der Waals surface area contributed by atoms with Crippen molar-refractivity contribution in [2.24, 2.45) is 12.0 Å². The SMILES string of the molecule is CN=C(NCc1cccn1C)NC1CCc2nc(C(C)C)nn2C1. The van der Waals surface area contributed by atoms with Crippen LogP contribution in [0.15, 0.2) is 23.3 Å². The van der Waals surface area contributed by atoms with E-state index in [0.29, 0.717) is 12.0 Å². The van der Waals surface area contributed by atoms with Crippen LogP contribution in [0.25, 0.3) is 0 Å². The van der Waals surface area contributed by atoms with Crippen molar-refractivity contribution in [3.63, 3.8) is 0 Å². The second kappa shape index (κ2) is 7.07. The van der Waals surface area contributed by atoms with Gasteiger partial charge in [0.25, 0.3) is 0 Å². The van der Waals surface area contributed by atoms with Crippen LogP contribution in [0.2, 0.25) is 0 Å². The van der Waals surface area contributed by atoms with Crippen LogP contribution >= 0.6 is 0 Å². The molecule has 1 unspecified atom stereocenters. The van der Waals surface area contributed by atoms with Gasteiger partial charge in [0.1, 0.15) is 5.82 Å². The summed E-state index contributed by atoms with van der Waals surface area (Å²) in [7, 11) is 3.85. The van der Waals surface area contributed by atoms with E-state index in [1.807, 2.05) is 24.0 Å². The van der Waals surface area contributed by atoms with Crippen LogP contribution in [-0.2, 0) is 26.6 Å². The lowest BCUT2D eigenvalue weighted by atomic mass is 10.1. The van der Waals surface area contributed by atoms with Crippen LogP contribution in [0.1, 0.15) is 43.5 Å². The maximum Gasteiger partial charge on any atom is 0.191 e. The van der Waals surface area contributed by atoms with Gasteiger partial charge >= 0.3 is 0 Å². The second-order valence-corrected chi connectivity index (χ2v) is 6.64. The Hall–Kier alpha value is -2.31. The number of guanidine groups is 1. The minimum atomic E-state index is 0.318. The van der Waals surface area contributed by atoms with Gasteiger partial charge in [-0.1, -0.05) is 13.8 Å². The van der Waals surface area contributed by atoms with Gasteiger partial charge in [-0.15, -0.1) is 0 Å². The first kappa shape index (κ1) is 16.5. The number of nitrogens with zero attached hydrogens (tertiary/aromatic N) is 5. The number of aromatic nitrogens is 4. The van der Waals surface area contributed by atoms with Crippen LogP contribution in [-0.4, -0.2) is 38.4 Å². The molecule has 130 valence electrons. The van der Waals surface area contributed by atoms with Gasteiger partial charge in [-0.3, -0.25) is 4.99 Å². The van der Waals surface area contributed by atoms with E-state index in [-0.39, 0.29) is 0 Å². The molecule has 2 aromatic rings. The average Bonchev–Trinajstić information content (AvgIpc) is 3.17. The van der Waals surface area contributed by atoms with E-state index in [0.717, 1.165) is 43.5 Å². The van der Waals surface area contributed by atoms with Crippen molar-refractivity contribution in [2.45, 2.75) is 51.7 Å². The first-order valence-electron chi connectivity index (χ1n) is 8.58. The maximum absolute atomic E-state index is 4.64. The summed E-state index contributed by atoms with van der Waals surface area (Å²) in [5.41, 5.74) is 1.22. The molecular weight excluding hydrogens is 302 g/mol. The fourth-order valence-corrected chi connectivity index (χ4v) is 2.93. The van der Waals surface area contributed by atoms with Gasteiger partial charge in [-0.2, -0.15) is 5.10 Å². The van der Waals surface area contributed by atoms with E-state index in [1.165, 1.54) is 5.69 Å². The van der Waals surface area contributed by atoms with Crippen molar-refractivity contribution >= 4 is 5.96 Å². The Balaban J connectivity index is 1.57. The molecule has 0 saturated heterocycles. The Morgan fingerprint density at radius 3 is 2.96 bits per heavy atom. The van der Waals surface area contributed by atoms with Crippen LogP contribution in [0, 0.1) is 0 Å². The number of nitrogens with one attached hydrogen (secondary N) is 2. The molecule has 2 aromatic heterocycles. The fourth-order valence-electron chi connectivity index (χ4n) is 2.93. The van der Waals surface area contributed by atoms with E-state index in [9.17, 15) is 0 Å². The third-order valence-corrected chi connectivity index (χ3v) is 4.44. The van der Waals surface area contributed by atoms with Crippen LogP contribution in [0.5, 0.6) is 0 Å². The number of aryl methyl sites for hydroxylation is 2. The van der Waals surface area contributed by atoms with Gasteiger partial charge < -0.3 is 15.2 Å². The lowest BCUT2D eigenvalue weighted by Crippen LogP contribution is -2.47. The van der Waals surface area contributed by atoms with Crippen molar-refractivity contribution in [3.05, 3.63) is 35.7 Å². The van der Waals surface area contributed by atoms with Gasteiger partial charge in [-0.25, -0.2) is 9.67 Å². The smallest absolute Gasteiger partial charge is 0.191 e. The highest BCUT2D eigenvalue weighted by Gasteiger charge is 2.23. The van der Waals surface area contributed by atoms with E-state index in [1.54, 1.807) is 7.05 Å². The molecule has 1 aliphatic rings. The number of fused-ring (bicyclic) bond motifs is 1. The molecule has 3 heterocycles. The molecule has 0 radical (unpaired) electrons. The molecule has 0 spiro atoms. The molecule has 2 N–H and O–H groups in total. The molecule has 7 heteroatoms. The highest BCUT2D eigenvalue weighted by Crippen LogP contribution is 2.16. The monoisotopic (exact) mass is 329 g/mol. The number of rotatable bonds is 4. The quantitative estimate of drug-likeness (QED) is 0.657. The minimum absolute atomic E-state index is 0.318. The standard InChI is InChI=1S/C17H27N7/c1-12(2)16-21-15-8-7-13(11-24(15)22-16)20-17(18-3)19-10-14-6-5-9-23(14)4/h5-6,9,12-13H,7-8,10-11H2,1-4H3,(H2,18,19,20). The summed E-state index contributed by atoms with van der Waals surface area (Å²) >= 11 is 0. The zero-order valence-corrected chi connectivity index (χ0v) is 15.0. The molecule has 0 aromatic carbocycles. The van der Waals surface area contributed by atoms with Gasteiger partial charge in [0.2, 0.25) is 0 Å². The minimum Gasteiger partial charge on any atom is -0.353 e. The summed E-state index contributed by atoms with van der Waals surface area (Å²) in [4.78, 5) is 8.98. The first-order chi connectivity index (χ1) is 11.6. The molecule has 24 heavy (non-hydrogen) atoms. The maximum atomic E-state index is 4.64.